The van der Waals surface area contributed by atoms with Gasteiger partial charge in [-0.15, -0.1) is 24.9 Å². The second-order valence-electron chi connectivity index (χ2n) is 12.0. The zero-order valence-electron chi connectivity index (χ0n) is 24.4. The fraction of sp³-hybridized carbons (Fsp3) is 0.767. The minimum atomic E-state index is -0.783. The molecule has 2 bridgehead atoms. The van der Waals surface area contributed by atoms with Crippen molar-refractivity contribution in [2.45, 2.75) is 66.4 Å². The van der Waals surface area contributed by atoms with Gasteiger partial charge >= 0.3 is 5.97 Å². The number of alkyl halides is 1. The molecule has 0 radical (unpaired) electrons. The van der Waals surface area contributed by atoms with Gasteiger partial charge in [-0.1, -0.05) is 41.9 Å². The summed E-state index contributed by atoms with van der Waals surface area (Å²) in [6, 6.07) is -1.30. The van der Waals surface area contributed by atoms with Gasteiger partial charge in [-0.2, -0.15) is 0 Å². The first-order valence-corrected chi connectivity index (χ1v) is 16.7. The summed E-state index contributed by atoms with van der Waals surface area (Å²) >= 11 is 5.41. The maximum atomic E-state index is 14.6. The molecule has 230 valence electrons. The predicted molar refractivity (Wildman–Crippen MR) is 164 cm³/mol. The molecule has 0 saturated carbocycles. The molecule has 0 aromatic rings. The number of nitrogens with zero attached hydrogens (tertiary/aromatic N) is 3. The lowest BCUT2D eigenvalue weighted by Crippen LogP contribution is -2.58. The summed E-state index contributed by atoms with van der Waals surface area (Å²) in [5, 5.41) is 10.4. The van der Waals surface area contributed by atoms with Crippen LogP contribution in [0.3, 0.4) is 0 Å². The Hall–Kier alpha value is -1.40. The molecule has 3 unspecified atom stereocenters. The quantitative estimate of drug-likeness (QED) is 0.124. The molecular weight excluding hydrogens is 610 g/mol. The van der Waals surface area contributed by atoms with Crippen molar-refractivity contribution >= 4 is 45.5 Å². The Labute approximate surface area is 257 Å². The molecule has 4 saturated heterocycles. The van der Waals surface area contributed by atoms with Crippen LogP contribution in [0.5, 0.6) is 0 Å². The molecule has 4 rings (SSSR count). The average Bonchev–Trinajstić information content (AvgIpc) is 3.55. The van der Waals surface area contributed by atoms with E-state index < -0.39 is 28.7 Å². The number of halogens is 1. The van der Waals surface area contributed by atoms with E-state index in [-0.39, 0.29) is 47.0 Å². The second-order valence-corrected chi connectivity index (χ2v) is 14.7. The Kier molecular flexibility index (Phi) is 11.4. The first kappa shape index (κ1) is 32.5. The molecule has 0 aromatic carbocycles. The van der Waals surface area contributed by atoms with E-state index in [0.717, 1.165) is 19.5 Å². The molecule has 4 aliphatic heterocycles. The van der Waals surface area contributed by atoms with Gasteiger partial charge in [-0.25, -0.2) is 0 Å². The minimum Gasteiger partial charge on any atom is -0.465 e. The van der Waals surface area contributed by atoms with Crippen LogP contribution in [0.25, 0.3) is 0 Å². The second kappa shape index (κ2) is 14.4. The molecule has 0 aromatic heterocycles. The van der Waals surface area contributed by atoms with Crippen molar-refractivity contribution in [1.29, 1.82) is 0 Å². The number of aliphatic hydroxyl groups is 1. The molecule has 4 aliphatic rings. The Bertz CT molecular complexity index is 978. The van der Waals surface area contributed by atoms with Crippen molar-refractivity contribution in [2.24, 2.45) is 17.8 Å². The zero-order valence-corrected chi connectivity index (χ0v) is 26.8. The van der Waals surface area contributed by atoms with Gasteiger partial charge in [0.25, 0.3) is 0 Å². The molecule has 7 atom stereocenters. The standard InChI is InChI=1S/C30H46BrN3O6S/c1-5-7-8-14-40-29(38)23-24-27(36)34(21(19-35)17-20(3)4)26(30(24)18-22(31)25(23)41-30)28(37)33(9-6-2)11-10-32-12-15-39-16-13-32/h5-6,20-26,35H,1-2,7-19H2,3-4H3/t21-,22?,23-,24+,25-,26?,30?/m1/s1. The van der Waals surface area contributed by atoms with Crippen LogP contribution < -0.4 is 0 Å². The number of hydrogen-bond acceptors (Lipinski definition) is 8. The number of rotatable bonds is 15. The van der Waals surface area contributed by atoms with Crippen LogP contribution in [0, 0.1) is 17.8 Å². The fourth-order valence-electron chi connectivity index (χ4n) is 7.03. The van der Waals surface area contributed by atoms with Crippen LogP contribution in [0.15, 0.2) is 25.3 Å². The number of ether oxygens (including phenoxy) is 2. The highest BCUT2D eigenvalue weighted by atomic mass is 79.9. The van der Waals surface area contributed by atoms with Gasteiger partial charge in [0.15, 0.2) is 0 Å². The number of hydrogen-bond donors (Lipinski definition) is 1. The number of thioether (sulfide) groups is 1. The van der Waals surface area contributed by atoms with E-state index in [1.807, 2.05) is 13.8 Å². The highest BCUT2D eigenvalue weighted by Gasteiger charge is 2.76. The summed E-state index contributed by atoms with van der Waals surface area (Å²) < 4.78 is 10.4. The van der Waals surface area contributed by atoms with Crippen molar-refractivity contribution in [3.05, 3.63) is 25.3 Å². The third kappa shape index (κ3) is 6.59. The molecule has 2 amide bonds. The monoisotopic (exact) mass is 655 g/mol. The molecule has 11 heteroatoms. The van der Waals surface area contributed by atoms with Crippen molar-refractivity contribution in [3.8, 4) is 0 Å². The number of aliphatic hydroxyl groups excluding tert-OH is 1. The summed E-state index contributed by atoms with van der Waals surface area (Å²) in [4.78, 5) is 48.3. The summed E-state index contributed by atoms with van der Waals surface area (Å²) in [6.07, 6.45) is 6.09. The average molecular weight is 657 g/mol. The lowest BCUT2D eigenvalue weighted by molar-refractivity contribution is -0.154. The van der Waals surface area contributed by atoms with E-state index >= 15 is 0 Å². The molecule has 1 spiro atoms. The first-order chi connectivity index (χ1) is 19.7. The number of unbranched alkanes of at least 4 members (excludes halogenated alkanes) is 1. The molecular formula is C30H46BrN3O6S. The lowest BCUT2D eigenvalue weighted by Gasteiger charge is -2.40. The Morgan fingerprint density at radius 2 is 2.02 bits per heavy atom. The van der Waals surface area contributed by atoms with E-state index in [2.05, 4.69) is 34.0 Å². The topological polar surface area (TPSA) is 99.6 Å². The van der Waals surface area contributed by atoms with Crippen molar-refractivity contribution < 1.29 is 29.0 Å². The number of carbonyl (C=O) groups excluding carboxylic acids is 3. The predicted octanol–water partition coefficient (Wildman–Crippen LogP) is 2.71. The molecule has 41 heavy (non-hydrogen) atoms. The molecule has 9 nitrogen and oxygen atoms in total. The minimum absolute atomic E-state index is 0.0311. The van der Waals surface area contributed by atoms with Crippen LogP contribution in [-0.2, 0) is 23.9 Å². The molecule has 4 heterocycles. The van der Waals surface area contributed by atoms with E-state index in [9.17, 15) is 19.5 Å². The van der Waals surface area contributed by atoms with Gasteiger partial charge in [0.1, 0.15) is 6.04 Å². The van der Waals surface area contributed by atoms with Gasteiger partial charge in [0.05, 0.1) is 49.1 Å². The number of allylic oxidation sites excluding steroid dienone is 1. The number of esters is 1. The molecule has 4 fully saturated rings. The normalized spacial score (nSPS) is 31.8. The number of fused-ring (bicyclic) bond motifs is 1. The Morgan fingerprint density at radius 1 is 1.29 bits per heavy atom. The van der Waals surface area contributed by atoms with Crippen molar-refractivity contribution in [1.82, 2.24) is 14.7 Å². The van der Waals surface area contributed by atoms with Crippen molar-refractivity contribution in [2.75, 3.05) is 59.2 Å². The largest absolute Gasteiger partial charge is 0.465 e. The summed E-state index contributed by atoms with van der Waals surface area (Å²) in [6.45, 7) is 16.3. The van der Waals surface area contributed by atoms with E-state index in [4.69, 9.17) is 9.47 Å². The Balaban J connectivity index is 1.67. The van der Waals surface area contributed by atoms with Gasteiger partial charge in [0, 0.05) is 42.8 Å². The number of likely N-dealkylation sites (tertiary alicyclic amines) is 1. The zero-order chi connectivity index (χ0) is 29.7. The molecule has 0 aliphatic carbocycles. The van der Waals surface area contributed by atoms with E-state index in [0.29, 0.717) is 52.1 Å². The van der Waals surface area contributed by atoms with Crippen molar-refractivity contribution in [3.63, 3.8) is 0 Å². The van der Waals surface area contributed by atoms with Gasteiger partial charge in [-0.3, -0.25) is 19.3 Å². The van der Waals surface area contributed by atoms with Crippen LogP contribution in [0.4, 0.5) is 0 Å². The Morgan fingerprint density at radius 3 is 2.66 bits per heavy atom. The van der Waals surface area contributed by atoms with Crippen LogP contribution in [0.1, 0.15) is 39.5 Å². The van der Waals surface area contributed by atoms with E-state index in [1.165, 1.54) is 0 Å². The molecule has 1 N–H and O–H groups in total. The van der Waals surface area contributed by atoms with Crippen LogP contribution in [0.2, 0.25) is 0 Å². The SMILES string of the molecule is C=CCCCOC(=O)[C@H]1[C@@H]2SC3(CC2Br)C(C(=O)N(CC=C)CCN2CCOCC2)N([C@@H](CO)CC(C)C)C(=O)[C@H]13. The lowest BCUT2D eigenvalue weighted by atomic mass is 9.71. The van der Waals surface area contributed by atoms with Gasteiger partial charge in [-0.05, 0) is 31.6 Å². The summed E-state index contributed by atoms with van der Waals surface area (Å²) in [5.74, 6) is -1.82. The van der Waals surface area contributed by atoms with Crippen LogP contribution >= 0.6 is 27.7 Å². The van der Waals surface area contributed by atoms with Gasteiger partial charge < -0.3 is 24.4 Å². The number of morpholine rings is 1. The number of carbonyl (C=O) groups is 3. The maximum Gasteiger partial charge on any atom is 0.310 e. The number of amides is 2. The van der Waals surface area contributed by atoms with Gasteiger partial charge in [0.2, 0.25) is 11.8 Å². The van der Waals surface area contributed by atoms with Crippen LogP contribution in [-0.4, -0.2) is 124 Å². The highest BCUT2D eigenvalue weighted by Crippen LogP contribution is 2.68. The summed E-state index contributed by atoms with van der Waals surface area (Å²) in [7, 11) is 0. The van der Waals surface area contributed by atoms with E-state index in [1.54, 1.807) is 33.7 Å². The fourth-order valence-corrected chi connectivity index (χ4v) is 10.6. The third-order valence-corrected chi connectivity index (χ3v) is 12.0. The first-order valence-electron chi connectivity index (χ1n) is 14.9. The maximum absolute atomic E-state index is 14.6. The third-order valence-electron chi connectivity index (χ3n) is 8.83. The smallest absolute Gasteiger partial charge is 0.310 e. The highest BCUT2D eigenvalue weighted by molar-refractivity contribution is 9.09. The summed E-state index contributed by atoms with van der Waals surface area (Å²) in [5.41, 5.74) is 0.